The average molecular weight is 529 g/mol. The summed E-state index contributed by atoms with van der Waals surface area (Å²) in [5, 5.41) is 12.6. The van der Waals surface area contributed by atoms with Crippen LogP contribution in [0.4, 0.5) is 5.00 Å². The fourth-order valence-electron chi connectivity index (χ4n) is 4.05. The standard InChI is InChI=1S/C26H32N4O4S2/c1-15(2)34-25(32)23-18-10-6-7-12-20(18)36-24(23)27-22(31)14-35-26-29-28-21(30(26)5)13-33-19-11-8-9-16(3)17(19)4/h8-9,11,15H,6-7,10,12-14H2,1-5H3,(H,27,31). The van der Waals surface area contributed by atoms with Gasteiger partial charge in [0.25, 0.3) is 0 Å². The van der Waals surface area contributed by atoms with Gasteiger partial charge in [-0.1, -0.05) is 23.9 Å². The summed E-state index contributed by atoms with van der Waals surface area (Å²) in [6, 6.07) is 5.95. The summed E-state index contributed by atoms with van der Waals surface area (Å²) in [5.74, 6) is 1.06. The summed E-state index contributed by atoms with van der Waals surface area (Å²) >= 11 is 2.78. The number of hydrogen-bond acceptors (Lipinski definition) is 8. The monoisotopic (exact) mass is 528 g/mol. The number of ether oxygens (including phenoxy) is 2. The predicted octanol–water partition coefficient (Wildman–Crippen LogP) is 5.25. The fourth-order valence-corrected chi connectivity index (χ4v) is 6.08. The topological polar surface area (TPSA) is 95.3 Å². The Balaban J connectivity index is 1.39. The number of carbonyl (C=O) groups is 2. The zero-order chi connectivity index (χ0) is 25.8. The molecule has 0 spiro atoms. The number of anilines is 1. The van der Waals surface area contributed by atoms with E-state index in [0.29, 0.717) is 21.5 Å². The lowest BCUT2D eigenvalue weighted by Crippen LogP contribution is -2.19. The minimum atomic E-state index is -0.367. The van der Waals surface area contributed by atoms with E-state index in [0.717, 1.165) is 42.6 Å². The number of nitrogens with one attached hydrogen (secondary N) is 1. The van der Waals surface area contributed by atoms with Crippen molar-refractivity contribution >= 4 is 40.0 Å². The van der Waals surface area contributed by atoms with Crippen LogP contribution in [0.2, 0.25) is 0 Å². The molecule has 1 aromatic carbocycles. The Morgan fingerprint density at radius 3 is 2.75 bits per heavy atom. The predicted molar refractivity (Wildman–Crippen MR) is 142 cm³/mol. The lowest BCUT2D eigenvalue weighted by atomic mass is 9.95. The van der Waals surface area contributed by atoms with E-state index in [-0.39, 0.29) is 30.3 Å². The number of aromatic nitrogens is 3. The highest BCUT2D eigenvalue weighted by molar-refractivity contribution is 7.99. The van der Waals surface area contributed by atoms with Crippen LogP contribution < -0.4 is 10.1 Å². The van der Waals surface area contributed by atoms with Crippen LogP contribution in [0.5, 0.6) is 5.75 Å². The second-order valence-electron chi connectivity index (χ2n) is 9.15. The lowest BCUT2D eigenvalue weighted by Gasteiger charge is -2.14. The number of nitrogens with zero attached hydrogens (tertiary/aromatic N) is 3. The van der Waals surface area contributed by atoms with Crippen molar-refractivity contribution in [2.45, 2.75) is 71.2 Å². The highest BCUT2D eigenvalue weighted by atomic mass is 32.2. The highest BCUT2D eigenvalue weighted by Crippen LogP contribution is 2.39. The largest absolute Gasteiger partial charge is 0.485 e. The van der Waals surface area contributed by atoms with Gasteiger partial charge in [0.05, 0.1) is 17.4 Å². The molecule has 0 unspecified atom stereocenters. The van der Waals surface area contributed by atoms with Gasteiger partial charge in [-0.3, -0.25) is 4.79 Å². The molecule has 0 saturated carbocycles. The number of aryl methyl sites for hydroxylation is 2. The maximum absolute atomic E-state index is 12.8. The van der Waals surface area contributed by atoms with Crippen molar-refractivity contribution in [3.63, 3.8) is 0 Å². The van der Waals surface area contributed by atoms with E-state index in [4.69, 9.17) is 9.47 Å². The molecule has 8 nitrogen and oxygen atoms in total. The van der Waals surface area contributed by atoms with E-state index in [1.165, 1.54) is 33.5 Å². The minimum Gasteiger partial charge on any atom is -0.485 e. The Kier molecular flexibility index (Phi) is 8.35. The molecule has 1 aliphatic rings. The molecule has 0 fully saturated rings. The number of thioether (sulfide) groups is 1. The number of amides is 1. The van der Waals surface area contributed by atoms with Crippen molar-refractivity contribution in [1.82, 2.24) is 14.8 Å². The quantitative estimate of drug-likeness (QED) is 0.299. The molecule has 1 aliphatic carbocycles. The molecule has 1 N–H and O–H groups in total. The molecule has 1 amide bonds. The van der Waals surface area contributed by atoms with E-state index in [2.05, 4.69) is 15.5 Å². The third-order valence-corrected chi connectivity index (χ3v) is 8.37. The molecule has 4 rings (SSSR count). The van der Waals surface area contributed by atoms with Crippen molar-refractivity contribution in [2.75, 3.05) is 11.1 Å². The number of hydrogen-bond donors (Lipinski definition) is 1. The fraction of sp³-hybridized carbons (Fsp3) is 0.462. The molecule has 36 heavy (non-hydrogen) atoms. The van der Waals surface area contributed by atoms with Crippen LogP contribution in [0.15, 0.2) is 23.4 Å². The van der Waals surface area contributed by atoms with Gasteiger partial charge in [0.15, 0.2) is 11.0 Å². The zero-order valence-corrected chi connectivity index (χ0v) is 23.0. The normalized spacial score (nSPS) is 12.9. The summed E-state index contributed by atoms with van der Waals surface area (Å²) in [6.07, 6.45) is 3.68. The van der Waals surface area contributed by atoms with E-state index in [1.807, 2.05) is 57.5 Å². The van der Waals surface area contributed by atoms with E-state index in [9.17, 15) is 9.59 Å². The number of fused-ring (bicyclic) bond motifs is 1. The van der Waals surface area contributed by atoms with Gasteiger partial charge >= 0.3 is 5.97 Å². The van der Waals surface area contributed by atoms with Gasteiger partial charge < -0.3 is 19.4 Å². The van der Waals surface area contributed by atoms with Crippen LogP contribution in [-0.2, 0) is 36.0 Å². The summed E-state index contributed by atoms with van der Waals surface area (Å²) in [7, 11) is 1.86. The summed E-state index contributed by atoms with van der Waals surface area (Å²) in [6.45, 7) is 8.01. The highest BCUT2D eigenvalue weighted by Gasteiger charge is 2.28. The van der Waals surface area contributed by atoms with Gasteiger partial charge in [-0.15, -0.1) is 21.5 Å². The molecule has 0 saturated heterocycles. The Labute approximate surface area is 219 Å². The molecular weight excluding hydrogens is 496 g/mol. The zero-order valence-electron chi connectivity index (χ0n) is 21.3. The van der Waals surface area contributed by atoms with Crippen molar-refractivity contribution in [3.8, 4) is 5.75 Å². The summed E-state index contributed by atoms with van der Waals surface area (Å²) in [4.78, 5) is 26.8. The third-order valence-electron chi connectivity index (χ3n) is 6.14. The number of esters is 1. The van der Waals surface area contributed by atoms with Crippen LogP contribution >= 0.6 is 23.1 Å². The second kappa shape index (κ2) is 11.5. The van der Waals surface area contributed by atoms with Gasteiger partial charge in [-0.25, -0.2) is 4.79 Å². The van der Waals surface area contributed by atoms with Gasteiger partial charge in [0.2, 0.25) is 5.91 Å². The first-order valence-corrected chi connectivity index (χ1v) is 13.9. The first-order chi connectivity index (χ1) is 17.2. The second-order valence-corrected chi connectivity index (χ2v) is 11.2. The number of thiophene rings is 1. The van der Waals surface area contributed by atoms with Crippen LogP contribution in [-0.4, -0.2) is 38.5 Å². The average Bonchev–Trinajstić information content (AvgIpc) is 3.37. The molecule has 3 aromatic rings. The molecule has 2 aromatic heterocycles. The van der Waals surface area contributed by atoms with Crippen LogP contribution in [0.1, 0.15) is 64.4 Å². The minimum absolute atomic E-state index is 0.144. The Hall–Kier alpha value is -2.85. The molecule has 2 heterocycles. The van der Waals surface area contributed by atoms with Crippen molar-refractivity contribution in [1.29, 1.82) is 0 Å². The Morgan fingerprint density at radius 2 is 1.97 bits per heavy atom. The van der Waals surface area contributed by atoms with Crippen molar-refractivity contribution < 1.29 is 19.1 Å². The van der Waals surface area contributed by atoms with Crippen LogP contribution in [0, 0.1) is 13.8 Å². The molecular formula is C26H32N4O4S2. The van der Waals surface area contributed by atoms with Gasteiger partial charge in [-0.2, -0.15) is 0 Å². The molecule has 0 atom stereocenters. The van der Waals surface area contributed by atoms with E-state index < -0.39 is 0 Å². The maximum atomic E-state index is 12.8. The van der Waals surface area contributed by atoms with Crippen molar-refractivity contribution in [3.05, 3.63) is 51.2 Å². The number of carbonyl (C=O) groups excluding carboxylic acids is 2. The molecule has 0 radical (unpaired) electrons. The summed E-state index contributed by atoms with van der Waals surface area (Å²) in [5.41, 5.74) is 3.81. The van der Waals surface area contributed by atoms with Gasteiger partial charge in [0, 0.05) is 11.9 Å². The molecule has 0 aliphatic heterocycles. The van der Waals surface area contributed by atoms with E-state index >= 15 is 0 Å². The van der Waals surface area contributed by atoms with Gasteiger partial charge in [-0.05, 0) is 76.1 Å². The van der Waals surface area contributed by atoms with Crippen molar-refractivity contribution in [2.24, 2.45) is 7.05 Å². The number of benzene rings is 1. The van der Waals surface area contributed by atoms with Gasteiger partial charge in [0.1, 0.15) is 17.4 Å². The van der Waals surface area contributed by atoms with E-state index in [1.54, 1.807) is 0 Å². The first-order valence-electron chi connectivity index (χ1n) is 12.1. The maximum Gasteiger partial charge on any atom is 0.341 e. The first kappa shape index (κ1) is 26.2. The third kappa shape index (κ3) is 5.92. The molecule has 10 heteroatoms. The Bertz CT molecular complexity index is 1270. The molecule has 192 valence electrons. The SMILES string of the molecule is Cc1cccc(OCc2nnc(SCC(=O)Nc3sc4c(c3C(=O)OC(C)C)CCCC4)n2C)c1C. The lowest BCUT2D eigenvalue weighted by molar-refractivity contribution is -0.113. The number of rotatable bonds is 9. The van der Waals surface area contributed by atoms with Crippen LogP contribution in [0.3, 0.4) is 0 Å². The summed E-state index contributed by atoms with van der Waals surface area (Å²) < 4.78 is 13.3. The Morgan fingerprint density at radius 1 is 1.19 bits per heavy atom. The smallest absolute Gasteiger partial charge is 0.341 e. The van der Waals surface area contributed by atoms with Crippen LogP contribution in [0.25, 0.3) is 0 Å². The molecule has 0 bridgehead atoms.